The van der Waals surface area contributed by atoms with Crippen LogP contribution in [0.25, 0.3) is 0 Å². The molecule has 0 saturated heterocycles. The molecule has 1 aromatic rings. The Morgan fingerprint density at radius 2 is 1.46 bits per heavy atom. The third kappa shape index (κ3) is 4.06. The molecule has 1 unspecified atom stereocenters. The number of alkyl halides is 6. The third-order valence-corrected chi connectivity index (χ3v) is 4.22. The predicted molar refractivity (Wildman–Crippen MR) is 74.3 cm³/mol. The minimum Gasteiger partial charge on any atom is -0.481 e. The number of ether oxygens (including phenoxy) is 3. The Balaban J connectivity index is 3.54. The van der Waals surface area contributed by atoms with Gasteiger partial charge in [0.25, 0.3) is 5.60 Å². The molecule has 14 heteroatoms. The summed E-state index contributed by atoms with van der Waals surface area (Å²) in [6.07, 6.45) is -12.2. The van der Waals surface area contributed by atoms with Gasteiger partial charge in [0.15, 0.2) is 10.4 Å². The second-order valence-electron chi connectivity index (χ2n) is 4.51. The normalized spacial score (nSPS) is 14.0. The van der Waals surface area contributed by atoms with Gasteiger partial charge in [0.05, 0.1) is 20.3 Å². The van der Waals surface area contributed by atoms with Crippen molar-refractivity contribution < 1.29 is 50.5 Å². The number of carboxylic acid groups (broad SMARTS) is 1. The minimum atomic E-state index is -6.10. The molecule has 0 bridgehead atoms. The van der Waals surface area contributed by atoms with Crippen LogP contribution in [-0.4, -0.2) is 65.6 Å². The second kappa shape index (κ2) is 7.73. The maximum Gasteiger partial charge on any atom is 0.428 e. The topological polar surface area (TPSA) is 90.8 Å². The summed E-state index contributed by atoms with van der Waals surface area (Å²) in [4.78, 5) is 18.4. The number of aromatic nitrogens is 2. The van der Waals surface area contributed by atoms with Crippen LogP contribution in [0.2, 0.25) is 0 Å². The fraction of sp³-hybridized carbons (Fsp3) is 0.583. The Bertz CT molecular complexity index is 618. The zero-order chi connectivity index (χ0) is 20.3. The number of carboxylic acids is 1. The summed E-state index contributed by atoms with van der Waals surface area (Å²) in [5.74, 6) is -2.95. The molecule has 1 rings (SSSR count). The van der Waals surface area contributed by atoms with Crippen LogP contribution in [0.4, 0.5) is 26.3 Å². The largest absolute Gasteiger partial charge is 0.481 e. The quantitative estimate of drug-likeness (QED) is 0.417. The smallest absolute Gasteiger partial charge is 0.428 e. The molecular weight excluding hydrogens is 398 g/mol. The van der Waals surface area contributed by atoms with Crippen LogP contribution in [0.3, 0.4) is 0 Å². The molecule has 1 atom stereocenters. The second-order valence-corrected chi connectivity index (χ2v) is 5.58. The van der Waals surface area contributed by atoms with Gasteiger partial charge in [0, 0.05) is 7.11 Å². The molecule has 0 aliphatic carbocycles. The Morgan fingerprint density at radius 1 is 1.04 bits per heavy atom. The standard InChI is InChI=1S/C12H12F6N2O5S/c1-23-5-4-6(24-2)20-9(19-5)26-7(8(21)22)10(25-3,11(13,14)15)12(16,17)18/h4,7H,1-3H3,(H,21,22). The number of methoxy groups -OCH3 is 3. The number of nitrogens with zero attached hydrogens (tertiary/aromatic N) is 2. The molecule has 0 aromatic carbocycles. The van der Waals surface area contributed by atoms with E-state index in [0.717, 1.165) is 20.3 Å². The van der Waals surface area contributed by atoms with E-state index < -0.39 is 46.1 Å². The van der Waals surface area contributed by atoms with Crippen LogP contribution in [0, 0.1) is 0 Å². The maximum absolute atomic E-state index is 13.3. The van der Waals surface area contributed by atoms with Crippen molar-refractivity contribution in [2.75, 3.05) is 21.3 Å². The van der Waals surface area contributed by atoms with Crippen molar-refractivity contribution in [1.82, 2.24) is 9.97 Å². The molecule has 0 fully saturated rings. The molecule has 0 amide bonds. The lowest BCUT2D eigenvalue weighted by Crippen LogP contribution is -2.66. The Labute approximate surface area is 146 Å². The van der Waals surface area contributed by atoms with E-state index in [2.05, 4.69) is 14.7 Å². The molecule has 148 valence electrons. The highest BCUT2D eigenvalue weighted by Gasteiger charge is 2.77. The zero-order valence-corrected chi connectivity index (χ0v) is 14.1. The van der Waals surface area contributed by atoms with Gasteiger partial charge in [-0.15, -0.1) is 0 Å². The van der Waals surface area contributed by atoms with Crippen LogP contribution in [0.1, 0.15) is 0 Å². The van der Waals surface area contributed by atoms with Gasteiger partial charge in [0.2, 0.25) is 11.8 Å². The van der Waals surface area contributed by atoms with Crippen LogP contribution < -0.4 is 9.47 Å². The number of carbonyl (C=O) groups is 1. The molecule has 0 radical (unpaired) electrons. The van der Waals surface area contributed by atoms with Crippen molar-refractivity contribution in [1.29, 1.82) is 0 Å². The van der Waals surface area contributed by atoms with E-state index >= 15 is 0 Å². The van der Waals surface area contributed by atoms with E-state index in [1.165, 1.54) is 0 Å². The van der Waals surface area contributed by atoms with Gasteiger partial charge in [-0.3, -0.25) is 4.79 Å². The van der Waals surface area contributed by atoms with Crippen LogP contribution in [-0.2, 0) is 9.53 Å². The highest BCUT2D eigenvalue weighted by molar-refractivity contribution is 8.00. The summed E-state index contributed by atoms with van der Waals surface area (Å²) < 4.78 is 92.7. The van der Waals surface area contributed by atoms with Crippen molar-refractivity contribution in [2.24, 2.45) is 0 Å². The van der Waals surface area contributed by atoms with Gasteiger partial charge in [-0.1, -0.05) is 11.8 Å². The van der Waals surface area contributed by atoms with Gasteiger partial charge in [-0.2, -0.15) is 36.3 Å². The van der Waals surface area contributed by atoms with Crippen molar-refractivity contribution >= 4 is 17.7 Å². The van der Waals surface area contributed by atoms with Gasteiger partial charge < -0.3 is 19.3 Å². The van der Waals surface area contributed by atoms with Crippen LogP contribution in [0.5, 0.6) is 11.8 Å². The first kappa shape index (κ1) is 22.1. The molecule has 0 spiro atoms. The number of rotatable bonds is 7. The summed E-state index contributed by atoms with van der Waals surface area (Å²) >= 11 is -0.406. The molecule has 0 saturated carbocycles. The van der Waals surface area contributed by atoms with Crippen molar-refractivity contribution in [2.45, 2.75) is 28.4 Å². The lowest BCUT2D eigenvalue weighted by Gasteiger charge is -2.39. The van der Waals surface area contributed by atoms with Crippen molar-refractivity contribution in [3.8, 4) is 11.8 Å². The van der Waals surface area contributed by atoms with E-state index in [0.29, 0.717) is 0 Å². The third-order valence-electron chi connectivity index (χ3n) is 3.06. The van der Waals surface area contributed by atoms with Gasteiger partial charge in [-0.25, -0.2) is 0 Å². The van der Waals surface area contributed by atoms with Crippen LogP contribution >= 0.6 is 11.8 Å². The van der Waals surface area contributed by atoms with E-state index in [9.17, 15) is 31.1 Å². The SMILES string of the molecule is COc1cc(OC)nc(SC(C(=O)O)C(OC)(C(F)(F)F)C(F)(F)F)n1. The molecule has 1 heterocycles. The van der Waals surface area contributed by atoms with E-state index in [1.54, 1.807) is 0 Å². The highest BCUT2D eigenvalue weighted by atomic mass is 32.2. The van der Waals surface area contributed by atoms with E-state index in [-0.39, 0.29) is 18.9 Å². The molecule has 1 aromatic heterocycles. The molecule has 0 aliphatic heterocycles. The summed E-state index contributed by atoms with van der Waals surface area (Å²) in [5.41, 5.74) is -5.00. The van der Waals surface area contributed by atoms with Crippen molar-refractivity contribution in [3.63, 3.8) is 0 Å². The zero-order valence-electron chi connectivity index (χ0n) is 13.3. The van der Waals surface area contributed by atoms with Crippen LogP contribution in [0.15, 0.2) is 11.2 Å². The number of hydrogen-bond acceptors (Lipinski definition) is 7. The number of hydrogen-bond donors (Lipinski definition) is 1. The average Bonchev–Trinajstić information content (AvgIpc) is 2.51. The Hall–Kier alpha value is -1.96. The highest BCUT2D eigenvalue weighted by Crippen LogP contribution is 2.52. The molecule has 0 aliphatic rings. The maximum atomic E-state index is 13.3. The summed E-state index contributed by atoms with van der Waals surface area (Å²) in [6.45, 7) is 0. The summed E-state index contributed by atoms with van der Waals surface area (Å²) in [6, 6.07) is 1.09. The van der Waals surface area contributed by atoms with Crippen molar-refractivity contribution in [3.05, 3.63) is 6.07 Å². The predicted octanol–water partition coefficient (Wildman–Crippen LogP) is 2.55. The first-order chi connectivity index (χ1) is 11.8. The van der Waals surface area contributed by atoms with E-state index in [1.807, 2.05) is 0 Å². The summed E-state index contributed by atoms with van der Waals surface area (Å²) in [7, 11) is 2.36. The molecular formula is C12H12F6N2O5S. The molecule has 7 nitrogen and oxygen atoms in total. The first-order valence-electron chi connectivity index (χ1n) is 6.39. The lowest BCUT2D eigenvalue weighted by molar-refractivity contribution is -0.372. The minimum absolute atomic E-state index is 0.116. The van der Waals surface area contributed by atoms with E-state index in [4.69, 9.17) is 14.6 Å². The number of aliphatic carboxylic acids is 1. The molecule has 1 N–H and O–H groups in total. The number of halogens is 6. The Kier molecular flexibility index (Phi) is 6.57. The average molecular weight is 410 g/mol. The fourth-order valence-electron chi connectivity index (χ4n) is 1.85. The van der Waals surface area contributed by atoms with Gasteiger partial charge in [0.1, 0.15) is 0 Å². The Morgan fingerprint density at radius 3 is 1.73 bits per heavy atom. The van der Waals surface area contributed by atoms with Gasteiger partial charge in [-0.05, 0) is 0 Å². The number of thioether (sulfide) groups is 1. The monoisotopic (exact) mass is 410 g/mol. The molecule has 26 heavy (non-hydrogen) atoms. The first-order valence-corrected chi connectivity index (χ1v) is 7.27. The van der Waals surface area contributed by atoms with Gasteiger partial charge >= 0.3 is 18.3 Å². The lowest BCUT2D eigenvalue weighted by atomic mass is 9.97. The summed E-state index contributed by atoms with van der Waals surface area (Å²) in [5, 5.41) is 5.11. The fourth-order valence-corrected chi connectivity index (χ4v) is 2.98.